The number of hydrogen-bond acceptors (Lipinski definition) is 2. The minimum atomic E-state index is -4.47. The molecule has 0 saturated heterocycles. The Hall–Kier alpha value is -1.76. The first-order valence-electron chi connectivity index (χ1n) is 7.11. The van der Waals surface area contributed by atoms with Crippen LogP contribution in [0.5, 0.6) is 0 Å². The molecule has 2 amide bonds. The molecule has 0 fully saturated rings. The maximum Gasteiger partial charge on any atom is 0.408 e. The van der Waals surface area contributed by atoms with Gasteiger partial charge in [0.15, 0.2) is 0 Å². The van der Waals surface area contributed by atoms with Crippen LogP contribution in [-0.2, 0) is 6.54 Å². The highest BCUT2D eigenvalue weighted by molar-refractivity contribution is 5.74. The molecule has 0 heterocycles. The highest BCUT2D eigenvalue weighted by atomic mass is 19.4. The van der Waals surface area contributed by atoms with Crippen molar-refractivity contribution in [1.29, 1.82) is 0 Å². The van der Waals surface area contributed by atoms with Gasteiger partial charge in [0.1, 0.15) is 6.04 Å². The predicted octanol–water partition coefficient (Wildman–Crippen LogP) is 2.92. The molecular formula is C15H21F3N2O2. The largest absolute Gasteiger partial charge is 0.408 e. The van der Waals surface area contributed by atoms with Crippen molar-refractivity contribution in [1.82, 2.24) is 10.2 Å². The molecule has 0 aliphatic rings. The third-order valence-electron chi connectivity index (χ3n) is 3.17. The molecule has 22 heavy (non-hydrogen) atoms. The van der Waals surface area contributed by atoms with Crippen molar-refractivity contribution in [2.45, 2.75) is 38.5 Å². The zero-order chi connectivity index (χ0) is 16.6. The van der Waals surface area contributed by atoms with Crippen molar-refractivity contribution in [2.24, 2.45) is 0 Å². The Labute approximate surface area is 127 Å². The van der Waals surface area contributed by atoms with E-state index in [0.717, 1.165) is 12.5 Å². The molecule has 1 rings (SSSR count). The van der Waals surface area contributed by atoms with Gasteiger partial charge in [-0.05, 0) is 25.3 Å². The Bertz CT molecular complexity index is 452. The van der Waals surface area contributed by atoms with Crippen molar-refractivity contribution in [2.75, 3.05) is 13.2 Å². The summed E-state index contributed by atoms with van der Waals surface area (Å²) < 4.78 is 37.6. The maximum atomic E-state index is 12.5. The number of carbonyl (C=O) groups excluding carboxylic acids is 1. The molecule has 2 N–H and O–H groups in total. The summed E-state index contributed by atoms with van der Waals surface area (Å²) in [5.74, 6) is 0. The summed E-state index contributed by atoms with van der Waals surface area (Å²) in [6, 6.07) is 6.38. The summed E-state index contributed by atoms with van der Waals surface area (Å²) in [7, 11) is 0. The van der Waals surface area contributed by atoms with E-state index in [-0.39, 0.29) is 19.7 Å². The van der Waals surface area contributed by atoms with Crippen LogP contribution in [0.15, 0.2) is 30.3 Å². The van der Waals surface area contributed by atoms with Gasteiger partial charge < -0.3 is 15.3 Å². The minimum Gasteiger partial charge on any atom is -0.396 e. The molecular weight excluding hydrogens is 297 g/mol. The first kappa shape index (κ1) is 18.3. The molecule has 4 nitrogen and oxygen atoms in total. The van der Waals surface area contributed by atoms with E-state index >= 15 is 0 Å². The fourth-order valence-corrected chi connectivity index (χ4v) is 1.83. The monoisotopic (exact) mass is 318 g/mol. The van der Waals surface area contributed by atoms with Gasteiger partial charge in [-0.1, -0.05) is 30.3 Å². The van der Waals surface area contributed by atoms with Crippen LogP contribution >= 0.6 is 0 Å². The molecule has 124 valence electrons. The quantitative estimate of drug-likeness (QED) is 0.760. The second kappa shape index (κ2) is 8.63. The number of aliphatic hydroxyl groups is 1. The number of rotatable bonds is 7. The van der Waals surface area contributed by atoms with Gasteiger partial charge in [-0.2, -0.15) is 13.2 Å². The van der Waals surface area contributed by atoms with Crippen LogP contribution in [0, 0.1) is 0 Å². The van der Waals surface area contributed by atoms with Crippen molar-refractivity contribution < 1.29 is 23.1 Å². The number of carbonyl (C=O) groups is 1. The van der Waals surface area contributed by atoms with E-state index in [1.807, 2.05) is 11.4 Å². The van der Waals surface area contributed by atoms with Crippen molar-refractivity contribution >= 4 is 6.03 Å². The van der Waals surface area contributed by atoms with Gasteiger partial charge >= 0.3 is 12.2 Å². The maximum absolute atomic E-state index is 12.5. The highest BCUT2D eigenvalue weighted by Crippen LogP contribution is 2.20. The zero-order valence-electron chi connectivity index (χ0n) is 12.4. The van der Waals surface area contributed by atoms with Crippen LogP contribution in [0.1, 0.15) is 25.3 Å². The minimum absolute atomic E-state index is 0.0141. The van der Waals surface area contributed by atoms with Gasteiger partial charge in [-0.15, -0.1) is 0 Å². The smallest absolute Gasteiger partial charge is 0.396 e. The second-order valence-corrected chi connectivity index (χ2v) is 5.05. The van der Waals surface area contributed by atoms with Crippen molar-refractivity contribution in [3.8, 4) is 0 Å². The van der Waals surface area contributed by atoms with Gasteiger partial charge in [-0.25, -0.2) is 4.79 Å². The average molecular weight is 318 g/mol. The molecule has 0 aromatic heterocycles. The summed E-state index contributed by atoms with van der Waals surface area (Å²) in [5, 5.41) is 10.8. The molecule has 0 saturated carbocycles. The van der Waals surface area contributed by atoms with E-state index in [2.05, 4.69) is 0 Å². The lowest BCUT2D eigenvalue weighted by Gasteiger charge is -2.26. The topological polar surface area (TPSA) is 52.6 Å². The fraction of sp³-hybridized carbons (Fsp3) is 0.533. The Morgan fingerprint density at radius 3 is 2.45 bits per heavy atom. The van der Waals surface area contributed by atoms with Gasteiger partial charge in [0.2, 0.25) is 0 Å². The van der Waals surface area contributed by atoms with E-state index in [4.69, 9.17) is 5.11 Å². The van der Waals surface area contributed by atoms with Crippen LogP contribution < -0.4 is 5.32 Å². The molecule has 0 spiro atoms. The molecule has 0 unspecified atom stereocenters. The Morgan fingerprint density at radius 1 is 1.27 bits per heavy atom. The van der Waals surface area contributed by atoms with Crippen LogP contribution in [-0.4, -0.2) is 41.4 Å². The lowest BCUT2D eigenvalue weighted by atomic mass is 10.2. The number of amides is 2. The first-order valence-corrected chi connectivity index (χ1v) is 7.11. The third-order valence-corrected chi connectivity index (χ3v) is 3.17. The molecule has 0 aliphatic heterocycles. The molecule has 1 aromatic carbocycles. The van der Waals surface area contributed by atoms with E-state index in [1.54, 1.807) is 24.3 Å². The molecule has 1 aromatic rings. The highest BCUT2D eigenvalue weighted by Gasteiger charge is 2.37. The summed E-state index contributed by atoms with van der Waals surface area (Å²) in [5.41, 5.74) is 0.835. The number of nitrogens with one attached hydrogen (secondary N) is 1. The van der Waals surface area contributed by atoms with E-state index in [0.29, 0.717) is 12.8 Å². The van der Waals surface area contributed by atoms with Crippen LogP contribution in [0.4, 0.5) is 18.0 Å². The second-order valence-electron chi connectivity index (χ2n) is 5.05. The Morgan fingerprint density at radius 2 is 1.91 bits per heavy atom. The number of alkyl halides is 3. The Balaban J connectivity index is 2.69. The third kappa shape index (κ3) is 6.34. The molecule has 0 radical (unpaired) electrons. The number of unbranched alkanes of at least 4 members (excludes halogenated alkanes) is 1. The lowest BCUT2D eigenvalue weighted by molar-refractivity contribution is -0.149. The first-order chi connectivity index (χ1) is 10.3. The van der Waals surface area contributed by atoms with Gasteiger partial charge in [0.25, 0.3) is 0 Å². The van der Waals surface area contributed by atoms with Crippen molar-refractivity contribution in [3.63, 3.8) is 0 Å². The fourth-order valence-electron chi connectivity index (χ4n) is 1.83. The van der Waals surface area contributed by atoms with E-state index in [9.17, 15) is 18.0 Å². The summed E-state index contributed by atoms with van der Waals surface area (Å²) in [6.45, 7) is 1.40. The molecule has 7 heteroatoms. The average Bonchev–Trinajstić information content (AvgIpc) is 2.46. The number of hydrogen-bond donors (Lipinski definition) is 2. The van der Waals surface area contributed by atoms with Crippen molar-refractivity contribution in [3.05, 3.63) is 35.9 Å². The molecule has 0 bridgehead atoms. The number of urea groups is 1. The number of halogens is 3. The summed E-state index contributed by atoms with van der Waals surface area (Å²) >= 11 is 0. The van der Waals surface area contributed by atoms with Gasteiger partial charge in [0.05, 0.1) is 0 Å². The number of aliphatic hydroxyl groups excluding tert-OH is 1. The molecule has 1 atom stereocenters. The van der Waals surface area contributed by atoms with Gasteiger partial charge in [0, 0.05) is 19.7 Å². The zero-order valence-corrected chi connectivity index (χ0v) is 12.4. The van der Waals surface area contributed by atoms with E-state index in [1.165, 1.54) is 4.90 Å². The predicted molar refractivity (Wildman–Crippen MR) is 77.2 cm³/mol. The lowest BCUT2D eigenvalue weighted by Crippen LogP contribution is -2.49. The number of benzene rings is 1. The van der Waals surface area contributed by atoms with Crippen LogP contribution in [0.3, 0.4) is 0 Å². The standard InChI is InChI=1S/C15H21F3N2O2/c1-12(15(16,17)18)19-14(22)20(9-5-6-10-21)11-13-7-3-2-4-8-13/h2-4,7-8,12,21H,5-6,9-11H2,1H3,(H,19,22)/t12-/m1/s1. The summed E-state index contributed by atoms with van der Waals surface area (Å²) in [6.07, 6.45) is -3.45. The number of nitrogens with zero attached hydrogens (tertiary/aromatic N) is 1. The summed E-state index contributed by atoms with van der Waals surface area (Å²) in [4.78, 5) is 13.4. The molecule has 0 aliphatic carbocycles. The van der Waals surface area contributed by atoms with E-state index < -0.39 is 18.2 Å². The SMILES string of the molecule is C[C@@H](NC(=O)N(CCCCO)Cc1ccccc1)C(F)(F)F. The van der Waals surface area contributed by atoms with Gasteiger partial charge in [-0.3, -0.25) is 0 Å². The van der Waals surface area contributed by atoms with Crippen LogP contribution in [0.25, 0.3) is 0 Å². The Kier molecular flexibility index (Phi) is 7.17. The van der Waals surface area contributed by atoms with Crippen LogP contribution in [0.2, 0.25) is 0 Å². The normalized spacial score (nSPS) is 12.8.